The molecule has 0 atom stereocenters. The van der Waals surface area contributed by atoms with Gasteiger partial charge >= 0.3 is 0 Å². The van der Waals surface area contributed by atoms with Crippen molar-refractivity contribution in [3.05, 3.63) is 54.2 Å². The molecule has 3 heterocycles. The summed E-state index contributed by atoms with van der Waals surface area (Å²) in [7, 11) is 3.73. The number of pyridine rings is 1. The van der Waals surface area contributed by atoms with Crippen LogP contribution in [-0.4, -0.2) is 49.6 Å². The van der Waals surface area contributed by atoms with Gasteiger partial charge in [0, 0.05) is 49.5 Å². The molecule has 1 aliphatic rings. The van der Waals surface area contributed by atoms with Crippen LogP contribution in [0.15, 0.2) is 42.9 Å². The molecule has 1 aliphatic carbocycles. The van der Waals surface area contributed by atoms with E-state index in [4.69, 9.17) is 9.84 Å². The Bertz CT molecular complexity index is 1420. The Morgan fingerprint density at radius 3 is 2.65 bits per heavy atom. The quantitative estimate of drug-likeness (QED) is 0.377. The largest absolute Gasteiger partial charge is 0.487 e. The number of fused-ring (bicyclic) bond motifs is 1. The van der Waals surface area contributed by atoms with E-state index in [1.807, 2.05) is 52.6 Å². The van der Waals surface area contributed by atoms with Crippen LogP contribution in [0.3, 0.4) is 0 Å². The van der Waals surface area contributed by atoms with Crippen LogP contribution in [0.25, 0.3) is 22.2 Å². The molecule has 1 amide bonds. The first kappa shape index (κ1) is 24.7. The van der Waals surface area contributed by atoms with E-state index >= 15 is 4.39 Å². The average molecular weight is 506 g/mol. The Labute approximate surface area is 215 Å². The molecule has 37 heavy (non-hydrogen) atoms. The zero-order valence-electron chi connectivity index (χ0n) is 21.5. The van der Waals surface area contributed by atoms with Crippen LogP contribution in [-0.2, 0) is 7.05 Å². The lowest BCUT2D eigenvalue weighted by molar-refractivity contribution is 0.0934. The second-order valence-electron chi connectivity index (χ2n) is 9.83. The maximum Gasteiger partial charge on any atom is 0.254 e. The molecule has 5 rings (SSSR count). The summed E-state index contributed by atoms with van der Waals surface area (Å²) in [5, 5.41) is 16.1. The van der Waals surface area contributed by atoms with Crippen molar-refractivity contribution in [3.8, 4) is 17.0 Å². The number of rotatable bonds is 7. The predicted molar refractivity (Wildman–Crippen MR) is 140 cm³/mol. The summed E-state index contributed by atoms with van der Waals surface area (Å²) in [6.07, 6.45) is 8.65. The van der Waals surface area contributed by atoms with E-state index in [2.05, 4.69) is 25.4 Å². The van der Waals surface area contributed by atoms with Crippen molar-refractivity contribution in [1.29, 1.82) is 0 Å². The molecule has 0 saturated heterocycles. The molecule has 0 radical (unpaired) electrons. The van der Waals surface area contributed by atoms with Gasteiger partial charge in [-0.05, 0) is 51.7 Å². The number of ether oxygens (including phenoxy) is 1. The van der Waals surface area contributed by atoms with Gasteiger partial charge in [-0.3, -0.25) is 14.2 Å². The molecule has 9 nitrogen and oxygen atoms in total. The van der Waals surface area contributed by atoms with E-state index in [9.17, 15) is 4.79 Å². The number of anilines is 1. The number of carbonyl (C=O) groups excluding carboxylic acids is 1. The standard InChI is InChI=1S/C27H32FN7O2/c1-16(2)32-27(36)20-6-5-7-23(25(20)28)37-19-10-8-18(9-11-19)35-22-12-24(29-3)30-14-21(22)26(33-35)17-13-31-34(4)15-17/h5-7,12-16,18-19H,8-11H2,1-4H3,(H,29,30)(H,32,36). The summed E-state index contributed by atoms with van der Waals surface area (Å²) in [6.45, 7) is 3.68. The molecule has 0 aliphatic heterocycles. The molecule has 0 unspecified atom stereocenters. The molecule has 1 saturated carbocycles. The first-order valence-electron chi connectivity index (χ1n) is 12.6. The van der Waals surface area contributed by atoms with Gasteiger partial charge in [0.05, 0.1) is 29.4 Å². The van der Waals surface area contributed by atoms with Gasteiger partial charge in [-0.1, -0.05) is 6.07 Å². The fraction of sp³-hybridized carbons (Fsp3) is 0.407. The fourth-order valence-electron chi connectivity index (χ4n) is 4.91. The first-order valence-corrected chi connectivity index (χ1v) is 12.6. The molecular weight excluding hydrogens is 473 g/mol. The lowest BCUT2D eigenvalue weighted by atomic mass is 9.93. The topological polar surface area (TPSA) is 98.9 Å². The van der Waals surface area contributed by atoms with Gasteiger partial charge in [0.2, 0.25) is 0 Å². The van der Waals surface area contributed by atoms with Gasteiger partial charge in [-0.2, -0.15) is 10.2 Å². The SMILES string of the molecule is CNc1cc2c(cn1)c(-c1cnn(C)c1)nn2C1CCC(Oc2cccc(C(=O)NC(C)C)c2F)CC1. The smallest absolute Gasteiger partial charge is 0.254 e. The Morgan fingerprint density at radius 2 is 1.97 bits per heavy atom. The summed E-state index contributed by atoms with van der Waals surface area (Å²) < 4.78 is 25.0. The third-order valence-electron chi connectivity index (χ3n) is 6.74. The molecule has 2 N–H and O–H groups in total. The summed E-state index contributed by atoms with van der Waals surface area (Å²) >= 11 is 0. The molecule has 0 spiro atoms. The highest BCUT2D eigenvalue weighted by Gasteiger charge is 2.28. The predicted octanol–water partition coefficient (Wildman–Crippen LogP) is 4.71. The first-order chi connectivity index (χ1) is 17.8. The third kappa shape index (κ3) is 5.00. The van der Waals surface area contributed by atoms with Crippen LogP contribution in [0.2, 0.25) is 0 Å². The normalized spacial score (nSPS) is 17.8. The van der Waals surface area contributed by atoms with Gasteiger partial charge in [0.15, 0.2) is 11.6 Å². The highest BCUT2D eigenvalue weighted by Crippen LogP contribution is 2.37. The molecule has 10 heteroatoms. The number of halogens is 1. The Balaban J connectivity index is 1.34. The van der Waals surface area contributed by atoms with Gasteiger partial charge in [-0.25, -0.2) is 9.37 Å². The minimum atomic E-state index is -0.617. The number of aromatic nitrogens is 5. The molecular formula is C27H32FN7O2. The van der Waals surface area contributed by atoms with E-state index < -0.39 is 11.7 Å². The van der Waals surface area contributed by atoms with Crippen LogP contribution in [0.4, 0.5) is 10.2 Å². The molecule has 4 aromatic rings. The third-order valence-corrected chi connectivity index (χ3v) is 6.74. The zero-order chi connectivity index (χ0) is 26.1. The number of amides is 1. The van der Waals surface area contributed by atoms with Crippen LogP contribution in [0, 0.1) is 5.82 Å². The number of nitrogens with zero attached hydrogens (tertiary/aromatic N) is 5. The zero-order valence-corrected chi connectivity index (χ0v) is 21.5. The Hall–Kier alpha value is -3.95. The van der Waals surface area contributed by atoms with Crippen molar-refractivity contribution in [2.45, 2.75) is 57.7 Å². The average Bonchev–Trinajstić information content (AvgIpc) is 3.48. The summed E-state index contributed by atoms with van der Waals surface area (Å²) in [4.78, 5) is 16.9. The van der Waals surface area contributed by atoms with Crippen molar-refractivity contribution >= 4 is 22.6 Å². The van der Waals surface area contributed by atoms with Crippen molar-refractivity contribution < 1.29 is 13.9 Å². The van der Waals surface area contributed by atoms with Crippen molar-refractivity contribution in [2.75, 3.05) is 12.4 Å². The van der Waals surface area contributed by atoms with Gasteiger partial charge in [-0.15, -0.1) is 0 Å². The van der Waals surface area contributed by atoms with Crippen LogP contribution in [0.1, 0.15) is 55.9 Å². The van der Waals surface area contributed by atoms with E-state index in [0.717, 1.165) is 53.7 Å². The number of aryl methyl sites for hydroxylation is 1. The number of carbonyl (C=O) groups is 1. The van der Waals surface area contributed by atoms with E-state index in [1.165, 1.54) is 6.07 Å². The van der Waals surface area contributed by atoms with Crippen LogP contribution < -0.4 is 15.4 Å². The van der Waals surface area contributed by atoms with Gasteiger partial charge < -0.3 is 15.4 Å². The van der Waals surface area contributed by atoms with Crippen LogP contribution >= 0.6 is 0 Å². The fourth-order valence-corrected chi connectivity index (χ4v) is 4.91. The van der Waals surface area contributed by atoms with E-state index in [1.54, 1.807) is 16.8 Å². The summed E-state index contributed by atoms with van der Waals surface area (Å²) in [5.41, 5.74) is 2.81. The number of nitrogens with one attached hydrogen (secondary N) is 2. The second-order valence-corrected chi connectivity index (χ2v) is 9.83. The number of benzene rings is 1. The number of hydrogen-bond acceptors (Lipinski definition) is 6. The second kappa shape index (κ2) is 10.2. The van der Waals surface area contributed by atoms with E-state index in [0.29, 0.717) is 0 Å². The van der Waals surface area contributed by atoms with Gasteiger partial charge in [0.1, 0.15) is 11.5 Å². The minimum Gasteiger partial charge on any atom is -0.487 e. The molecule has 3 aromatic heterocycles. The maximum absolute atomic E-state index is 15.1. The van der Waals surface area contributed by atoms with Crippen molar-refractivity contribution in [3.63, 3.8) is 0 Å². The highest BCUT2D eigenvalue weighted by molar-refractivity contribution is 5.95. The van der Waals surface area contributed by atoms with E-state index in [-0.39, 0.29) is 29.5 Å². The van der Waals surface area contributed by atoms with Crippen LogP contribution in [0.5, 0.6) is 5.75 Å². The molecule has 0 bridgehead atoms. The number of hydrogen-bond donors (Lipinski definition) is 2. The Morgan fingerprint density at radius 1 is 1.19 bits per heavy atom. The molecule has 194 valence electrons. The lowest BCUT2D eigenvalue weighted by Crippen LogP contribution is -2.31. The molecule has 1 fully saturated rings. The van der Waals surface area contributed by atoms with Crippen molar-refractivity contribution in [2.24, 2.45) is 7.05 Å². The minimum absolute atomic E-state index is 0.000208. The van der Waals surface area contributed by atoms with Gasteiger partial charge in [0.25, 0.3) is 5.91 Å². The van der Waals surface area contributed by atoms with Crippen molar-refractivity contribution in [1.82, 2.24) is 29.9 Å². The maximum atomic E-state index is 15.1. The Kier molecular flexibility index (Phi) is 6.82. The summed E-state index contributed by atoms with van der Waals surface area (Å²) in [6, 6.07) is 6.84. The summed E-state index contributed by atoms with van der Waals surface area (Å²) in [5.74, 6) is -0.158. The monoisotopic (exact) mass is 505 g/mol. The highest BCUT2D eigenvalue weighted by atomic mass is 19.1. The lowest BCUT2D eigenvalue weighted by Gasteiger charge is -2.29. The molecule has 1 aromatic carbocycles.